The van der Waals surface area contributed by atoms with Crippen molar-refractivity contribution < 1.29 is 4.79 Å². The fourth-order valence-corrected chi connectivity index (χ4v) is 2.89. The Morgan fingerprint density at radius 1 is 1.15 bits per heavy atom. The highest BCUT2D eigenvalue weighted by Gasteiger charge is 2.14. The number of aryl methyl sites for hydroxylation is 2. The molecule has 0 saturated heterocycles. The van der Waals surface area contributed by atoms with Gasteiger partial charge in [-0.3, -0.25) is 14.2 Å². The molecular formula is C21H20ClN3O2. The lowest BCUT2D eigenvalue weighted by atomic mass is 10.2. The van der Waals surface area contributed by atoms with Crippen molar-refractivity contribution in [2.45, 2.75) is 26.8 Å². The first kappa shape index (κ1) is 18.9. The first-order valence-electron chi connectivity index (χ1n) is 8.70. The summed E-state index contributed by atoms with van der Waals surface area (Å²) >= 11 is 6.10. The number of nitrogens with one attached hydrogen (secondary N) is 1. The number of halogens is 1. The minimum Gasteiger partial charge on any atom is -0.324 e. The summed E-state index contributed by atoms with van der Waals surface area (Å²) in [5, 5.41) is 3.36. The smallest absolute Gasteiger partial charge is 0.254 e. The molecule has 0 aliphatic rings. The molecule has 2 aromatic carbocycles. The third kappa shape index (κ3) is 4.44. The van der Waals surface area contributed by atoms with Crippen LogP contribution in [-0.4, -0.2) is 15.5 Å². The van der Waals surface area contributed by atoms with E-state index in [1.165, 1.54) is 10.6 Å². The van der Waals surface area contributed by atoms with Crippen molar-refractivity contribution in [3.63, 3.8) is 0 Å². The highest BCUT2D eigenvalue weighted by atomic mass is 35.5. The molecule has 5 nitrogen and oxygen atoms in total. The number of carbonyl (C=O) groups excluding carboxylic acids is 1. The number of hydrogen-bond acceptors (Lipinski definition) is 3. The van der Waals surface area contributed by atoms with Crippen LogP contribution in [0, 0.1) is 6.92 Å². The Bertz CT molecular complexity index is 1030. The summed E-state index contributed by atoms with van der Waals surface area (Å²) in [6, 6.07) is 16.2. The Labute approximate surface area is 162 Å². The van der Waals surface area contributed by atoms with E-state index in [0.717, 1.165) is 11.1 Å². The van der Waals surface area contributed by atoms with Gasteiger partial charge >= 0.3 is 0 Å². The highest BCUT2D eigenvalue weighted by Crippen LogP contribution is 2.20. The van der Waals surface area contributed by atoms with Crippen LogP contribution in [0.2, 0.25) is 5.02 Å². The zero-order valence-electron chi connectivity index (χ0n) is 15.2. The number of carbonyl (C=O) groups is 1. The van der Waals surface area contributed by atoms with Gasteiger partial charge in [-0.2, -0.15) is 0 Å². The minimum absolute atomic E-state index is 0.133. The van der Waals surface area contributed by atoms with Crippen LogP contribution in [0.25, 0.3) is 11.4 Å². The summed E-state index contributed by atoms with van der Waals surface area (Å²) in [4.78, 5) is 29.7. The fourth-order valence-electron chi connectivity index (χ4n) is 2.71. The fraction of sp³-hybridized carbons (Fsp3) is 0.190. The van der Waals surface area contributed by atoms with Crippen LogP contribution in [0.3, 0.4) is 0 Å². The van der Waals surface area contributed by atoms with Crippen LogP contribution in [0.5, 0.6) is 0 Å². The largest absolute Gasteiger partial charge is 0.324 e. The predicted molar refractivity (Wildman–Crippen MR) is 108 cm³/mol. The zero-order chi connectivity index (χ0) is 19.4. The van der Waals surface area contributed by atoms with E-state index in [-0.39, 0.29) is 18.0 Å². The van der Waals surface area contributed by atoms with Crippen molar-refractivity contribution in [2.75, 3.05) is 5.32 Å². The lowest BCUT2D eigenvalue weighted by Crippen LogP contribution is -2.30. The third-order valence-electron chi connectivity index (χ3n) is 4.21. The maximum Gasteiger partial charge on any atom is 0.254 e. The molecule has 138 valence electrons. The molecule has 3 aromatic rings. The SMILES string of the molecule is CCc1cc(=O)n(CC(=O)Nc2ccc(C)c(Cl)c2)c(-c2ccccc2)n1. The average Bonchev–Trinajstić information content (AvgIpc) is 2.66. The molecule has 0 spiro atoms. The van der Waals surface area contributed by atoms with Gasteiger partial charge in [0.25, 0.3) is 5.56 Å². The van der Waals surface area contributed by atoms with Gasteiger partial charge in [-0.1, -0.05) is 54.9 Å². The maximum absolute atomic E-state index is 12.6. The van der Waals surface area contributed by atoms with E-state index in [4.69, 9.17) is 11.6 Å². The Balaban J connectivity index is 1.92. The number of benzene rings is 2. The van der Waals surface area contributed by atoms with Crippen LogP contribution in [0.1, 0.15) is 18.2 Å². The molecule has 6 heteroatoms. The monoisotopic (exact) mass is 381 g/mol. The Kier molecular flexibility index (Phi) is 5.72. The van der Waals surface area contributed by atoms with E-state index in [2.05, 4.69) is 10.3 Å². The van der Waals surface area contributed by atoms with Crippen LogP contribution < -0.4 is 10.9 Å². The molecule has 1 N–H and O–H groups in total. The summed E-state index contributed by atoms with van der Waals surface area (Å²) in [5.41, 5.74) is 2.74. The van der Waals surface area contributed by atoms with Gasteiger partial charge < -0.3 is 5.32 Å². The summed E-state index contributed by atoms with van der Waals surface area (Å²) in [7, 11) is 0. The molecule has 0 unspecified atom stereocenters. The quantitative estimate of drug-likeness (QED) is 0.724. The number of rotatable bonds is 5. The summed E-state index contributed by atoms with van der Waals surface area (Å²) in [6.45, 7) is 3.70. The summed E-state index contributed by atoms with van der Waals surface area (Å²) in [5.74, 6) is 0.164. The molecule has 0 radical (unpaired) electrons. The van der Waals surface area contributed by atoms with Crippen molar-refractivity contribution in [3.05, 3.63) is 81.2 Å². The Hall–Kier alpha value is -2.92. The van der Waals surface area contributed by atoms with Gasteiger partial charge in [0.2, 0.25) is 5.91 Å². The maximum atomic E-state index is 12.6. The molecule has 1 heterocycles. The van der Waals surface area contributed by atoms with Crippen molar-refractivity contribution in [2.24, 2.45) is 0 Å². The number of nitrogens with zero attached hydrogens (tertiary/aromatic N) is 2. The molecule has 0 atom stereocenters. The van der Waals surface area contributed by atoms with Gasteiger partial charge in [-0.05, 0) is 31.0 Å². The minimum atomic E-state index is -0.319. The van der Waals surface area contributed by atoms with E-state index < -0.39 is 0 Å². The molecule has 0 aliphatic heterocycles. The molecule has 1 aromatic heterocycles. The highest BCUT2D eigenvalue weighted by molar-refractivity contribution is 6.31. The molecule has 0 saturated carbocycles. The van der Waals surface area contributed by atoms with Crippen molar-refractivity contribution in [1.29, 1.82) is 0 Å². The molecular weight excluding hydrogens is 362 g/mol. The second kappa shape index (κ2) is 8.18. The number of hydrogen-bond donors (Lipinski definition) is 1. The van der Waals surface area contributed by atoms with E-state index in [1.807, 2.05) is 50.2 Å². The molecule has 3 rings (SSSR count). The van der Waals surface area contributed by atoms with Crippen LogP contribution in [-0.2, 0) is 17.8 Å². The second-order valence-electron chi connectivity index (χ2n) is 6.23. The number of anilines is 1. The lowest BCUT2D eigenvalue weighted by molar-refractivity contribution is -0.116. The van der Waals surface area contributed by atoms with Gasteiger partial charge in [-0.25, -0.2) is 4.98 Å². The first-order chi connectivity index (χ1) is 13.0. The van der Waals surface area contributed by atoms with Crippen molar-refractivity contribution >= 4 is 23.2 Å². The van der Waals surface area contributed by atoms with Gasteiger partial charge in [0.1, 0.15) is 12.4 Å². The molecule has 0 aliphatic carbocycles. The van der Waals surface area contributed by atoms with Gasteiger partial charge in [0.05, 0.1) is 0 Å². The number of amides is 1. The molecule has 27 heavy (non-hydrogen) atoms. The van der Waals surface area contributed by atoms with Gasteiger partial charge in [0.15, 0.2) is 0 Å². The molecule has 1 amide bonds. The van der Waals surface area contributed by atoms with Crippen molar-refractivity contribution in [3.8, 4) is 11.4 Å². The molecule has 0 bridgehead atoms. The Morgan fingerprint density at radius 3 is 2.56 bits per heavy atom. The standard InChI is InChI=1S/C21H20ClN3O2/c1-3-16-12-20(27)25(21(24-16)15-7-5-4-6-8-15)13-19(26)23-17-10-9-14(2)18(22)11-17/h4-12H,3,13H2,1-2H3,(H,23,26). The van der Waals surface area contributed by atoms with Crippen molar-refractivity contribution in [1.82, 2.24) is 9.55 Å². The first-order valence-corrected chi connectivity index (χ1v) is 9.08. The summed E-state index contributed by atoms with van der Waals surface area (Å²) in [6.07, 6.45) is 0.643. The van der Waals surface area contributed by atoms with E-state index in [9.17, 15) is 9.59 Å². The third-order valence-corrected chi connectivity index (χ3v) is 4.62. The van der Waals surface area contributed by atoms with Crippen LogP contribution in [0.15, 0.2) is 59.4 Å². The molecule has 0 fully saturated rings. The van der Waals surface area contributed by atoms with Crippen LogP contribution >= 0.6 is 11.6 Å². The average molecular weight is 382 g/mol. The van der Waals surface area contributed by atoms with E-state index >= 15 is 0 Å². The topological polar surface area (TPSA) is 64.0 Å². The van der Waals surface area contributed by atoms with E-state index in [0.29, 0.717) is 28.6 Å². The van der Waals surface area contributed by atoms with E-state index in [1.54, 1.807) is 12.1 Å². The second-order valence-corrected chi connectivity index (χ2v) is 6.63. The number of aromatic nitrogens is 2. The normalized spacial score (nSPS) is 10.6. The Morgan fingerprint density at radius 2 is 1.89 bits per heavy atom. The summed E-state index contributed by atoms with van der Waals surface area (Å²) < 4.78 is 1.39. The predicted octanol–water partition coefficient (Wildman–Crippen LogP) is 4.07. The lowest BCUT2D eigenvalue weighted by Gasteiger charge is -2.14. The van der Waals surface area contributed by atoms with Gasteiger partial charge in [-0.15, -0.1) is 0 Å². The zero-order valence-corrected chi connectivity index (χ0v) is 16.0. The van der Waals surface area contributed by atoms with Crippen LogP contribution in [0.4, 0.5) is 5.69 Å². The van der Waals surface area contributed by atoms with Gasteiger partial charge in [0, 0.05) is 28.0 Å².